The molecule has 76 heavy (non-hydrogen) atoms. The second-order valence-electron chi connectivity index (χ2n) is 22.6. The van der Waals surface area contributed by atoms with Crippen LogP contribution in [0.15, 0.2) is 36.4 Å². The van der Waals surface area contributed by atoms with E-state index in [9.17, 15) is 10.2 Å². The third kappa shape index (κ3) is 12.6. The van der Waals surface area contributed by atoms with E-state index in [2.05, 4.69) is 10.0 Å². The second-order valence-corrected chi connectivity index (χ2v) is 22.6. The van der Waals surface area contributed by atoms with Crippen LogP contribution in [0.3, 0.4) is 0 Å². The molecule has 16 nitrogen and oxygen atoms in total. The van der Waals surface area contributed by atoms with E-state index >= 15 is 28.0 Å². The summed E-state index contributed by atoms with van der Waals surface area (Å²) in [5.74, 6) is -5.77. The Morgan fingerprint density at radius 1 is 0.526 bits per heavy atom. The highest BCUT2D eigenvalue weighted by Crippen LogP contribution is 2.45. The van der Waals surface area contributed by atoms with E-state index < -0.39 is 65.6 Å². The fourth-order valence-corrected chi connectivity index (χ4v) is 13.9. The normalized spacial score (nSPS) is 27.9. The number of likely N-dealkylation sites (tertiary alicyclic amines) is 4. The van der Waals surface area contributed by atoms with Crippen LogP contribution < -0.4 is 0 Å². The number of ether oxygens (including phenoxy) is 4. The SMILES string of the molecule is COC1CCN(C(=O)[C@H]2CN(N3C[C@H](C(=O)N4CCCC[C@@H]4CO)C(CC(OC)c4cccc(F)c4C)[C@@H](C(=O)N4CCCC[C@@H]4CO)C3)C[C@@H](C(=O)N3CCC(OC)CC3)C2CC(OC)c2cccc(F)c2C)CC1. The van der Waals surface area contributed by atoms with Crippen molar-refractivity contribution in [2.45, 2.75) is 127 Å². The van der Waals surface area contributed by atoms with Crippen molar-refractivity contribution in [3.63, 3.8) is 0 Å². The fourth-order valence-electron chi connectivity index (χ4n) is 13.9. The van der Waals surface area contributed by atoms with E-state index in [1.807, 2.05) is 21.9 Å². The smallest absolute Gasteiger partial charge is 0.227 e. The number of hydrogen-bond acceptors (Lipinski definition) is 12. The Morgan fingerprint density at radius 3 is 1.21 bits per heavy atom. The van der Waals surface area contributed by atoms with Gasteiger partial charge in [-0.15, -0.1) is 0 Å². The summed E-state index contributed by atoms with van der Waals surface area (Å²) in [7, 11) is 6.51. The standard InChI is InChI=1S/C58H86F2N6O10/c1-37-43(15-11-17-51(37)59)53(75-5)29-45-47(55(69)61-25-19-41(73-3)20-26-61)31-63(32-48(45)56(70)62-27-21-42(74-4)22-28-62)64-33-49(57(71)65-23-9-7-13-39(65)35-67)46(30-54(76-6)44-16-12-18-52(60)38(44)2)50(34-64)58(72)66-24-10-8-14-40(66)36-68/h11-12,15-18,39-42,45-50,53-54,67-68H,7-10,13-14,19-36H2,1-6H3/t39-,40-,45?,47-,48+,49+,50+,53?,54?/m1/s1. The Balaban J connectivity index is 1.25. The molecule has 0 aromatic heterocycles. The fraction of sp³-hybridized carbons (Fsp3) is 0.724. The maximum Gasteiger partial charge on any atom is 0.227 e. The van der Waals surface area contributed by atoms with Gasteiger partial charge in [0, 0.05) is 93.9 Å². The molecule has 422 valence electrons. The molecule has 18 heteroatoms. The molecule has 6 heterocycles. The quantitative estimate of drug-likeness (QED) is 0.199. The Labute approximate surface area is 449 Å². The van der Waals surface area contributed by atoms with Crippen LogP contribution in [0.4, 0.5) is 8.78 Å². The van der Waals surface area contributed by atoms with Gasteiger partial charge in [-0.25, -0.2) is 18.8 Å². The molecule has 3 unspecified atom stereocenters. The highest BCUT2D eigenvalue weighted by atomic mass is 19.1. The van der Waals surface area contributed by atoms with Crippen molar-refractivity contribution in [2.75, 3.05) is 107 Å². The molecule has 0 spiro atoms. The van der Waals surface area contributed by atoms with E-state index in [1.165, 1.54) is 12.1 Å². The van der Waals surface area contributed by atoms with E-state index in [0.29, 0.717) is 100 Å². The van der Waals surface area contributed by atoms with Gasteiger partial charge in [-0.05, 0) is 137 Å². The summed E-state index contributed by atoms with van der Waals surface area (Å²) in [4.78, 5) is 70.0. The zero-order valence-electron chi connectivity index (χ0n) is 46.0. The molecule has 0 bridgehead atoms. The first-order valence-electron chi connectivity index (χ1n) is 28.3. The van der Waals surface area contributed by atoms with Gasteiger partial charge in [-0.2, -0.15) is 0 Å². The molecule has 0 saturated carbocycles. The summed E-state index contributed by atoms with van der Waals surface area (Å²) < 4.78 is 54.6. The molecule has 2 aromatic carbocycles. The maximum atomic E-state index is 15.7. The number of hydrazine groups is 1. The third-order valence-corrected chi connectivity index (χ3v) is 18.6. The van der Waals surface area contributed by atoms with Gasteiger partial charge in [0.25, 0.3) is 0 Å². The van der Waals surface area contributed by atoms with E-state index in [1.54, 1.807) is 64.2 Å². The van der Waals surface area contributed by atoms with Gasteiger partial charge in [0.2, 0.25) is 23.6 Å². The van der Waals surface area contributed by atoms with Crippen molar-refractivity contribution in [1.29, 1.82) is 0 Å². The Hall–Kier alpha value is -4.14. The minimum absolute atomic E-state index is 0.00400. The minimum atomic E-state index is -0.838. The van der Waals surface area contributed by atoms with Crippen molar-refractivity contribution in [2.24, 2.45) is 35.5 Å². The Kier molecular flexibility index (Phi) is 20.4. The van der Waals surface area contributed by atoms with Crippen molar-refractivity contribution in [1.82, 2.24) is 29.6 Å². The van der Waals surface area contributed by atoms with Gasteiger partial charge in [0.1, 0.15) is 11.6 Å². The van der Waals surface area contributed by atoms with E-state index in [-0.39, 0.29) is 93.9 Å². The summed E-state index contributed by atoms with van der Waals surface area (Å²) in [6.45, 7) is 6.34. The molecule has 4 amide bonds. The predicted octanol–water partition coefficient (Wildman–Crippen LogP) is 5.70. The largest absolute Gasteiger partial charge is 0.394 e. The summed E-state index contributed by atoms with van der Waals surface area (Å²) in [5, 5.41) is 25.7. The highest BCUT2D eigenvalue weighted by Gasteiger charge is 2.54. The summed E-state index contributed by atoms with van der Waals surface area (Å²) in [6, 6.07) is 8.94. The first kappa shape index (κ1) is 58.0. The first-order chi connectivity index (χ1) is 36.7. The number of rotatable bonds is 17. The number of methoxy groups -OCH3 is 4. The molecule has 6 fully saturated rings. The van der Waals surface area contributed by atoms with E-state index in [4.69, 9.17) is 18.9 Å². The lowest BCUT2D eigenvalue weighted by atomic mass is 9.71. The zero-order chi connectivity index (χ0) is 54.2. The van der Waals surface area contributed by atoms with E-state index in [0.717, 1.165) is 25.7 Å². The molecule has 8 rings (SSSR count). The molecular weight excluding hydrogens is 979 g/mol. The van der Waals surface area contributed by atoms with Crippen LogP contribution >= 0.6 is 0 Å². The lowest BCUT2D eigenvalue weighted by molar-refractivity contribution is -0.182. The van der Waals surface area contributed by atoms with Gasteiger partial charge in [0.05, 0.1) is 73.4 Å². The average molecular weight is 1070 g/mol. The average Bonchev–Trinajstić information content (AvgIpc) is 3.46. The van der Waals surface area contributed by atoms with Crippen molar-refractivity contribution in [3.05, 3.63) is 70.3 Å². The van der Waals surface area contributed by atoms with Crippen LogP contribution in [0.2, 0.25) is 0 Å². The number of carbonyl (C=O) groups excluding carboxylic acids is 4. The van der Waals surface area contributed by atoms with Crippen molar-refractivity contribution >= 4 is 23.6 Å². The van der Waals surface area contributed by atoms with Crippen molar-refractivity contribution < 1.29 is 57.1 Å². The first-order valence-corrected chi connectivity index (χ1v) is 28.3. The number of amides is 4. The number of aliphatic hydroxyl groups excluding tert-OH is 2. The van der Waals surface area contributed by atoms with Gasteiger partial charge in [-0.3, -0.25) is 19.2 Å². The van der Waals surface area contributed by atoms with Crippen molar-refractivity contribution in [3.8, 4) is 0 Å². The number of nitrogens with zero attached hydrogens (tertiary/aromatic N) is 6. The lowest BCUT2D eigenvalue weighted by Gasteiger charge is -2.54. The maximum absolute atomic E-state index is 15.7. The monoisotopic (exact) mass is 1060 g/mol. The third-order valence-electron chi connectivity index (χ3n) is 18.6. The van der Waals surface area contributed by atoms with Crippen LogP contribution in [0.1, 0.15) is 112 Å². The van der Waals surface area contributed by atoms with Crippen LogP contribution in [0, 0.1) is 61.0 Å². The molecule has 2 N–H and O–H groups in total. The molecule has 0 aliphatic carbocycles. The summed E-state index contributed by atoms with van der Waals surface area (Å²) in [6.07, 6.45) is 6.19. The molecular formula is C58H86F2N6O10. The van der Waals surface area contributed by atoms with Crippen LogP contribution in [-0.4, -0.2) is 195 Å². The predicted molar refractivity (Wildman–Crippen MR) is 281 cm³/mol. The number of piperidine rings is 6. The Bertz CT molecular complexity index is 2190. The molecule has 9 atom stereocenters. The molecule has 6 aliphatic rings. The lowest BCUT2D eigenvalue weighted by Crippen LogP contribution is -2.66. The summed E-state index contributed by atoms with van der Waals surface area (Å²) in [5.41, 5.74) is 2.12. The van der Waals surface area contributed by atoms with Crippen LogP contribution in [-0.2, 0) is 38.1 Å². The minimum Gasteiger partial charge on any atom is -0.394 e. The summed E-state index contributed by atoms with van der Waals surface area (Å²) >= 11 is 0. The molecule has 2 aromatic rings. The number of aliphatic hydroxyl groups is 2. The van der Waals surface area contributed by atoms with Crippen LogP contribution in [0.25, 0.3) is 0 Å². The Morgan fingerprint density at radius 2 is 0.882 bits per heavy atom. The number of halogens is 2. The number of benzene rings is 2. The number of hydrogen-bond donors (Lipinski definition) is 2. The van der Waals surface area contributed by atoms with Gasteiger partial charge < -0.3 is 48.8 Å². The van der Waals surface area contributed by atoms with Gasteiger partial charge in [-0.1, -0.05) is 24.3 Å². The van der Waals surface area contributed by atoms with Gasteiger partial charge >= 0.3 is 0 Å². The van der Waals surface area contributed by atoms with Crippen LogP contribution in [0.5, 0.6) is 0 Å². The topological polar surface area (TPSA) is 165 Å². The second kappa shape index (κ2) is 26.7. The molecule has 0 radical (unpaired) electrons. The number of carbonyl (C=O) groups is 4. The zero-order valence-corrected chi connectivity index (χ0v) is 46.0. The highest BCUT2D eigenvalue weighted by molar-refractivity contribution is 5.85. The van der Waals surface area contributed by atoms with Gasteiger partial charge in [0.15, 0.2) is 0 Å². The molecule has 6 aliphatic heterocycles. The molecule has 6 saturated heterocycles.